The first kappa shape index (κ1) is 33.9. The van der Waals surface area contributed by atoms with Gasteiger partial charge in [-0.15, -0.1) is 0 Å². The topological polar surface area (TPSA) is 38.8 Å². The molecule has 0 aliphatic rings. The number of nitrogens with zero attached hydrogens (tertiary/aromatic N) is 1. The zero-order valence-electron chi connectivity index (χ0n) is 20.9. The van der Waals surface area contributed by atoms with Crippen LogP contribution < -0.4 is 0 Å². The van der Waals surface area contributed by atoms with Crippen LogP contribution in [-0.4, -0.2) is 63.0 Å². The Morgan fingerprint density at radius 3 is 2.17 bits per heavy atom. The van der Waals surface area contributed by atoms with Crippen LogP contribution in [0.4, 0.5) is 0 Å². The molecule has 1 rings (SSSR count). The van der Waals surface area contributed by atoms with Gasteiger partial charge in [0.25, 0.3) is 0 Å². The van der Waals surface area contributed by atoms with Gasteiger partial charge in [0.05, 0.1) is 13.7 Å². The van der Waals surface area contributed by atoms with Crippen LogP contribution in [0.25, 0.3) is 0 Å². The van der Waals surface area contributed by atoms with Crippen molar-refractivity contribution in [3.63, 3.8) is 0 Å². The summed E-state index contributed by atoms with van der Waals surface area (Å²) in [6.07, 6.45) is 4.40. The predicted molar refractivity (Wildman–Crippen MR) is 139 cm³/mol. The molecule has 178 valence electrons. The zero-order chi connectivity index (χ0) is 23.8. The van der Waals surface area contributed by atoms with Gasteiger partial charge in [-0.25, -0.2) is 0 Å². The van der Waals surface area contributed by atoms with Crippen molar-refractivity contribution >= 4 is 30.4 Å². The molecule has 0 spiro atoms. The molecule has 0 amide bonds. The van der Waals surface area contributed by atoms with Crippen molar-refractivity contribution in [3.05, 3.63) is 35.4 Å². The summed E-state index contributed by atoms with van der Waals surface area (Å²) in [5, 5.41) is 0. The van der Waals surface area contributed by atoms with Crippen molar-refractivity contribution in [2.45, 2.75) is 59.9 Å². The van der Waals surface area contributed by atoms with Crippen LogP contribution in [0.3, 0.4) is 0 Å². The number of thioether (sulfide) groups is 1. The van der Waals surface area contributed by atoms with Crippen LogP contribution >= 0.6 is 24.4 Å². The Kier molecular flexibility index (Phi) is 29.8. The number of esters is 1. The third kappa shape index (κ3) is 22.0. The number of ether oxygens (including phenoxy) is 2. The highest BCUT2D eigenvalue weighted by molar-refractivity contribution is 7.98. The zero-order valence-corrected chi connectivity index (χ0v) is 22.6. The number of hydrogen-bond acceptors (Lipinski definition) is 6. The second kappa shape index (κ2) is 26.3. The predicted octanol–water partition coefficient (Wildman–Crippen LogP) is 6.15. The number of carbonyl (C=O) groups is 1. The van der Waals surface area contributed by atoms with E-state index in [0.29, 0.717) is 12.5 Å². The van der Waals surface area contributed by atoms with Crippen molar-refractivity contribution in [2.75, 3.05) is 52.2 Å². The summed E-state index contributed by atoms with van der Waals surface area (Å²) in [4.78, 5) is 13.1. The summed E-state index contributed by atoms with van der Waals surface area (Å²) < 4.78 is 9.47. The molecule has 0 bridgehead atoms. The van der Waals surface area contributed by atoms with Crippen LogP contribution in [0.15, 0.2) is 24.3 Å². The minimum Gasteiger partial charge on any atom is -0.468 e. The summed E-state index contributed by atoms with van der Waals surface area (Å²) in [6, 6.07) is 8.35. The lowest BCUT2D eigenvalue weighted by atomic mass is 9.97. The lowest BCUT2D eigenvalue weighted by Crippen LogP contribution is -2.26. The van der Waals surface area contributed by atoms with E-state index in [2.05, 4.69) is 62.6 Å². The first-order chi connectivity index (χ1) is 14.4. The fourth-order valence-electron chi connectivity index (χ4n) is 2.23. The van der Waals surface area contributed by atoms with E-state index in [-0.39, 0.29) is 5.97 Å². The lowest BCUT2D eigenvalue weighted by molar-refractivity contribution is -0.141. The highest BCUT2D eigenvalue weighted by Gasteiger charge is 2.10. The average molecular weight is 462 g/mol. The molecule has 0 heterocycles. The molecule has 0 saturated heterocycles. The highest BCUT2D eigenvalue weighted by atomic mass is 32.2. The molecule has 30 heavy (non-hydrogen) atoms. The maximum atomic E-state index is 11.2. The summed E-state index contributed by atoms with van der Waals surface area (Å²) in [6.45, 7) is 12.5. The van der Waals surface area contributed by atoms with Crippen LogP contribution in [0.5, 0.6) is 0 Å². The number of benzene rings is 1. The Balaban J connectivity index is -0.000000464. The van der Waals surface area contributed by atoms with Gasteiger partial charge in [0.15, 0.2) is 0 Å². The molecule has 0 atom stereocenters. The SMILES string of the molecule is CC.CCSC.COC(=O)CN(C)Cc1ccccc1C(C)C.COCCCCS. The Bertz CT molecular complexity index is 479. The van der Waals surface area contributed by atoms with Crippen molar-refractivity contribution in [3.8, 4) is 0 Å². The number of carbonyl (C=O) groups excluding carboxylic acids is 1. The van der Waals surface area contributed by atoms with Crippen LogP contribution in [0, 0.1) is 0 Å². The normalized spacial score (nSPS) is 9.60. The Morgan fingerprint density at radius 2 is 1.73 bits per heavy atom. The number of likely N-dealkylation sites (N-methyl/N-ethyl adjacent to an activating group) is 1. The quantitative estimate of drug-likeness (QED) is 0.257. The molecule has 0 aliphatic heterocycles. The van der Waals surface area contributed by atoms with E-state index in [1.165, 1.54) is 24.0 Å². The van der Waals surface area contributed by atoms with Crippen molar-refractivity contribution in [1.29, 1.82) is 0 Å². The van der Waals surface area contributed by atoms with Crippen molar-refractivity contribution in [1.82, 2.24) is 4.90 Å². The second-order valence-corrected chi connectivity index (χ2v) is 8.20. The maximum absolute atomic E-state index is 11.2. The second-order valence-electron chi connectivity index (χ2n) is 6.60. The van der Waals surface area contributed by atoms with E-state index in [9.17, 15) is 4.79 Å². The molecule has 0 N–H and O–H groups in total. The standard InChI is InChI=1S/C14H21NO2.C5H12OS.C3H8S.C2H6/c1-11(2)13-8-6-5-7-12(13)9-15(3)10-14(16)17-4;1-6-4-2-3-5-7;1-3-4-2;1-2/h5-8,11H,9-10H2,1-4H3;7H,2-5H2,1H3;3H2,1-2H3;1-2H3. The molecule has 1 aromatic carbocycles. The van der Waals surface area contributed by atoms with Gasteiger partial charge in [-0.1, -0.05) is 58.9 Å². The third-order valence-corrected chi connectivity index (χ3v) is 4.68. The molecular formula is C24H47NO3S2. The third-order valence-electron chi connectivity index (χ3n) is 3.79. The van der Waals surface area contributed by atoms with Gasteiger partial charge < -0.3 is 9.47 Å². The van der Waals surface area contributed by atoms with E-state index >= 15 is 0 Å². The Hall–Kier alpha value is -0.690. The number of unbranched alkanes of at least 4 members (excludes halogenated alkanes) is 1. The summed E-state index contributed by atoms with van der Waals surface area (Å²) >= 11 is 5.89. The molecular weight excluding hydrogens is 414 g/mol. The minimum atomic E-state index is -0.200. The van der Waals surface area contributed by atoms with E-state index in [4.69, 9.17) is 4.74 Å². The fraction of sp³-hybridized carbons (Fsp3) is 0.708. The van der Waals surface area contributed by atoms with Gasteiger partial charge in [-0.2, -0.15) is 24.4 Å². The van der Waals surface area contributed by atoms with Gasteiger partial charge in [0, 0.05) is 20.3 Å². The minimum absolute atomic E-state index is 0.200. The number of rotatable bonds is 10. The van der Waals surface area contributed by atoms with E-state index < -0.39 is 0 Å². The molecule has 0 fully saturated rings. The molecule has 1 aromatic rings. The molecule has 0 radical (unpaired) electrons. The highest BCUT2D eigenvalue weighted by Crippen LogP contribution is 2.20. The largest absolute Gasteiger partial charge is 0.468 e. The van der Waals surface area contributed by atoms with Gasteiger partial charge in [-0.05, 0) is 54.7 Å². The van der Waals surface area contributed by atoms with Crippen molar-refractivity contribution in [2.24, 2.45) is 0 Å². The number of methoxy groups -OCH3 is 2. The molecule has 0 saturated carbocycles. The average Bonchev–Trinajstić information content (AvgIpc) is 2.76. The molecule has 0 aliphatic carbocycles. The smallest absolute Gasteiger partial charge is 0.319 e. The van der Waals surface area contributed by atoms with Gasteiger partial charge in [0.2, 0.25) is 0 Å². The van der Waals surface area contributed by atoms with Crippen molar-refractivity contribution < 1.29 is 14.3 Å². The van der Waals surface area contributed by atoms with E-state index in [0.717, 1.165) is 31.7 Å². The molecule has 0 aromatic heterocycles. The number of thiol groups is 1. The number of hydrogen-bond donors (Lipinski definition) is 1. The monoisotopic (exact) mass is 461 g/mol. The Morgan fingerprint density at radius 1 is 1.17 bits per heavy atom. The van der Waals surface area contributed by atoms with Gasteiger partial charge >= 0.3 is 5.97 Å². The fourth-order valence-corrected chi connectivity index (χ4v) is 2.45. The Labute approximate surface area is 196 Å². The van der Waals surface area contributed by atoms with E-state index in [1.807, 2.05) is 43.6 Å². The van der Waals surface area contributed by atoms with Crippen LogP contribution in [0.2, 0.25) is 0 Å². The first-order valence-electron chi connectivity index (χ1n) is 10.8. The molecule has 6 heteroatoms. The van der Waals surface area contributed by atoms with Crippen LogP contribution in [-0.2, 0) is 20.8 Å². The van der Waals surface area contributed by atoms with Crippen LogP contribution in [0.1, 0.15) is 64.5 Å². The van der Waals surface area contributed by atoms with Gasteiger partial charge in [-0.3, -0.25) is 9.69 Å². The maximum Gasteiger partial charge on any atom is 0.319 e. The van der Waals surface area contributed by atoms with Gasteiger partial charge in [0.1, 0.15) is 0 Å². The first-order valence-corrected chi connectivity index (χ1v) is 12.8. The molecule has 0 unspecified atom stereocenters. The summed E-state index contributed by atoms with van der Waals surface area (Å²) in [5.41, 5.74) is 2.61. The lowest BCUT2D eigenvalue weighted by Gasteiger charge is -2.19. The van der Waals surface area contributed by atoms with E-state index in [1.54, 1.807) is 7.11 Å². The molecule has 4 nitrogen and oxygen atoms in total. The summed E-state index contributed by atoms with van der Waals surface area (Å²) in [7, 11) is 5.06. The summed E-state index contributed by atoms with van der Waals surface area (Å²) in [5.74, 6) is 2.51.